The normalized spacial score (nSPS) is 13.0. The van der Waals surface area contributed by atoms with Gasteiger partial charge in [-0.05, 0) is 48.7 Å². The van der Waals surface area contributed by atoms with E-state index in [4.69, 9.17) is 4.74 Å². The number of imidazole rings is 1. The van der Waals surface area contributed by atoms with Crippen LogP contribution in [0.25, 0.3) is 11.4 Å². The number of hydrogen-bond donors (Lipinski definition) is 2. The average Bonchev–Trinajstić information content (AvgIpc) is 3.69. The van der Waals surface area contributed by atoms with Crippen LogP contribution < -0.4 is 5.32 Å². The number of hydrogen-bond acceptors (Lipinski definition) is 7. The zero-order valence-corrected chi connectivity index (χ0v) is 23.9. The number of aryl methyl sites for hydroxylation is 1. The van der Waals surface area contributed by atoms with Gasteiger partial charge in [0.2, 0.25) is 0 Å². The monoisotopic (exact) mass is 607 g/mol. The average molecular weight is 608 g/mol. The number of aliphatic hydroxyl groups is 1. The molecule has 0 aliphatic carbocycles. The molecule has 3 aromatic heterocycles. The summed E-state index contributed by atoms with van der Waals surface area (Å²) < 4.78 is 47.9. The Morgan fingerprint density at radius 2 is 1.81 bits per heavy atom. The number of carbonyl (C=O) groups is 1. The van der Waals surface area contributed by atoms with E-state index in [1.54, 1.807) is 33.8 Å². The third-order valence-electron chi connectivity index (χ3n) is 6.71. The lowest BCUT2D eigenvalue weighted by molar-refractivity contribution is -0.137. The number of rotatable bonds is 11. The molecule has 43 heavy (non-hydrogen) atoms. The van der Waals surface area contributed by atoms with Crippen LogP contribution in [0.2, 0.25) is 0 Å². The Labute approximate surface area is 249 Å². The summed E-state index contributed by atoms with van der Waals surface area (Å²) in [7, 11) is 0. The highest BCUT2D eigenvalue weighted by Crippen LogP contribution is 2.35. The summed E-state index contributed by atoms with van der Waals surface area (Å²) in [6, 6.07) is 17.6. The molecule has 1 unspecified atom stereocenters. The number of aromatic nitrogens is 4. The molecule has 0 fully saturated rings. The van der Waals surface area contributed by atoms with Gasteiger partial charge in [0, 0.05) is 24.7 Å². The Morgan fingerprint density at radius 1 is 1.02 bits per heavy atom. The minimum atomic E-state index is -4.57. The molecule has 5 rings (SSSR count). The van der Waals surface area contributed by atoms with Crippen molar-refractivity contribution in [1.29, 1.82) is 0 Å². The standard InChI is InChI=1S/C31H28F3N5O3S/c1-30(41,22-9-5-10-23(15-22)31(32,33)34)29-38-26(17-39(29)13-6-14-42-18-21-7-3-2-4-8-21)25-12-11-24(16-35-25)37-28(40)27-19-43-20-36-27/h2-5,7-12,15-17,19-20,41H,6,13-14,18H2,1H3,(H,37,40). The van der Waals surface area contributed by atoms with Gasteiger partial charge in [-0.1, -0.05) is 42.5 Å². The first-order valence-electron chi connectivity index (χ1n) is 13.4. The zero-order chi connectivity index (χ0) is 30.5. The van der Waals surface area contributed by atoms with Gasteiger partial charge in [0.05, 0.1) is 35.3 Å². The number of carbonyl (C=O) groups excluding carboxylic acids is 1. The number of thiazole rings is 1. The molecule has 0 saturated carbocycles. The predicted octanol–water partition coefficient (Wildman–Crippen LogP) is 6.54. The molecule has 2 N–H and O–H groups in total. The maximum atomic E-state index is 13.5. The summed E-state index contributed by atoms with van der Waals surface area (Å²) in [5.41, 5.74) is 1.54. The van der Waals surface area contributed by atoms with E-state index in [0.29, 0.717) is 48.9 Å². The Bertz CT molecular complexity index is 1650. The fraction of sp³-hybridized carbons (Fsp3) is 0.226. The number of ether oxygens (including phenoxy) is 1. The van der Waals surface area contributed by atoms with E-state index in [1.165, 1.54) is 36.6 Å². The molecule has 1 amide bonds. The highest BCUT2D eigenvalue weighted by molar-refractivity contribution is 7.07. The summed E-state index contributed by atoms with van der Waals surface area (Å²) >= 11 is 1.31. The number of benzene rings is 2. The molecule has 222 valence electrons. The van der Waals surface area contributed by atoms with Crippen LogP contribution in [0.4, 0.5) is 18.9 Å². The fourth-order valence-corrected chi connectivity index (χ4v) is 5.00. The van der Waals surface area contributed by atoms with E-state index in [9.17, 15) is 23.1 Å². The van der Waals surface area contributed by atoms with Crippen molar-refractivity contribution in [3.63, 3.8) is 0 Å². The van der Waals surface area contributed by atoms with Crippen molar-refractivity contribution >= 4 is 22.9 Å². The number of halogens is 3. The molecule has 5 aromatic rings. The highest BCUT2D eigenvalue weighted by Gasteiger charge is 2.36. The van der Waals surface area contributed by atoms with E-state index < -0.39 is 17.3 Å². The van der Waals surface area contributed by atoms with Gasteiger partial charge in [0.1, 0.15) is 22.8 Å². The number of nitrogens with zero attached hydrogens (tertiary/aromatic N) is 4. The van der Waals surface area contributed by atoms with Crippen LogP contribution in [0.3, 0.4) is 0 Å². The second-order valence-corrected chi connectivity index (χ2v) is 10.7. The van der Waals surface area contributed by atoms with Gasteiger partial charge >= 0.3 is 6.18 Å². The smallest absolute Gasteiger partial charge is 0.377 e. The lowest BCUT2D eigenvalue weighted by Gasteiger charge is -2.25. The molecule has 0 radical (unpaired) electrons. The predicted molar refractivity (Wildman–Crippen MR) is 156 cm³/mol. The van der Waals surface area contributed by atoms with Crippen molar-refractivity contribution in [2.75, 3.05) is 11.9 Å². The maximum absolute atomic E-state index is 13.5. The summed E-state index contributed by atoms with van der Waals surface area (Å²) in [5.74, 6) is -0.207. The quantitative estimate of drug-likeness (QED) is 0.166. The first-order valence-corrected chi connectivity index (χ1v) is 14.3. The minimum Gasteiger partial charge on any atom is -0.377 e. The summed E-state index contributed by atoms with van der Waals surface area (Å²) in [6.45, 7) is 2.66. The van der Waals surface area contributed by atoms with E-state index in [2.05, 4.69) is 20.3 Å². The van der Waals surface area contributed by atoms with Crippen LogP contribution in [-0.4, -0.2) is 37.1 Å². The number of amides is 1. The molecule has 2 aromatic carbocycles. The van der Waals surface area contributed by atoms with Crippen molar-refractivity contribution in [2.24, 2.45) is 0 Å². The molecule has 3 heterocycles. The molecule has 0 saturated heterocycles. The van der Waals surface area contributed by atoms with Crippen molar-refractivity contribution < 1.29 is 27.8 Å². The van der Waals surface area contributed by atoms with E-state index >= 15 is 0 Å². The van der Waals surface area contributed by atoms with Crippen LogP contribution >= 0.6 is 11.3 Å². The second-order valence-electron chi connectivity index (χ2n) is 9.95. The zero-order valence-electron chi connectivity index (χ0n) is 23.1. The second kappa shape index (κ2) is 12.9. The summed E-state index contributed by atoms with van der Waals surface area (Å²) in [4.78, 5) is 25.4. The molecule has 8 nitrogen and oxygen atoms in total. The van der Waals surface area contributed by atoms with Crippen molar-refractivity contribution in [3.05, 3.63) is 118 Å². The van der Waals surface area contributed by atoms with E-state index in [0.717, 1.165) is 17.7 Å². The third kappa shape index (κ3) is 7.34. The molecule has 0 aliphatic rings. The topological polar surface area (TPSA) is 102 Å². The maximum Gasteiger partial charge on any atom is 0.416 e. The van der Waals surface area contributed by atoms with E-state index in [1.807, 2.05) is 30.3 Å². The van der Waals surface area contributed by atoms with Crippen LogP contribution in [0.1, 0.15) is 46.3 Å². The fourth-order valence-electron chi connectivity index (χ4n) is 4.47. The van der Waals surface area contributed by atoms with Crippen molar-refractivity contribution in [2.45, 2.75) is 38.3 Å². The Hall–Kier alpha value is -4.39. The summed E-state index contributed by atoms with van der Waals surface area (Å²) in [5, 5.41) is 16.0. The van der Waals surface area contributed by atoms with Crippen LogP contribution in [0.5, 0.6) is 0 Å². The molecule has 0 bridgehead atoms. The van der Waals surface area contributed by atoms with Gasteiger partial charge in [0.25, 0.3) is 5.91 Å². The Balaban J connectivity index is 1.38. The van der Waals surface area contributed by atoms with Crippen LogP contribution in [-0.2, 0) is 29.7 Å². The largest absolute Gasteiger partial charge is 0.416 e. The number of nitrogens with one attached hydrogen (secondary N) is 1. The van der Waals surface area contributed by atoms with Crippen LogP contribution in [0.15, 0.2) is 90.0 Å². The summed E-state index contributed by atoms with van der Waals surface area (Å²) in [6.07, 6.45) is -0.836. The van der Waals surface area contributed by atoms with Gasteiger partial charge in [-0.25, -0.2) is 9.97 Å². The molecule has 0 spiro atoms. The highest BCUT2D eigenvalue weighted by atomic mass is 32.1. The third-order valence-corrected chi connectivity index (χ3v) is 7.30. The first kappa shape index (κ1) is 30.1. The molecule has 12 heteroatoms. The van der Waals surface area contributed by atoms with Gasteiger partial charge in [-0.2, -0.15) is 13.2 Å². The number of pyridine rings is 1. The Morgan fingerprint density at radius 3 is 2.51 bits per heavy atom. The first-order chi connectivity index (χ1) is 20.6. The molecule has 1 atom stereocenters. The Kier molecular flexibility index (Phi) is 9.00. The molecule has 0 aliphatic heterocycles. The number of anilines is 1. The van der Waals surface area contributed by atoms with Gasteiger partial charge in [0.15, 0.2) is 0 Å². The number of alkyl halides is 3. The van der Waals surface area contributed by atoms with Gasteiger partial charge < -0.3 is 19.7 Å². The van der Waals surface area contributed by atoms with Crippen molar-refractivity contribution in [3.8, 4) is 11.4 Å². The molecular formula is C31H28F3N5O3S. The molecular weight excluding hydrogens is 579 g/mol. The minimum absolute atomic E-state index is 0.0501. The van der Waals surface area contributed by atoms with Gasteiger partial charge in [-0.3, -0.25) is 9.78 Å². The SMILES string of the molecule is CC(O)(c1cccc(C(F)(F)F)c1)c1nc(-c2ccc(NC(=O)c3cscn3)cn2)cn1CCCOCc1ccccc1. The lowest BCUT2D eigenvalue weighted by Crippen LogP contribution is -2.28. The van der Waals surface area contributed by atoms with Crippen molar-refractivity contribution in [1.82, 2.24) is 19.5 Å². The lowest BCUT2D eigenvalue weighted by atomic mass is 9.93. The van der Waals surface area contributed by atoms with E-state index in [-0.39, 0.29) is 17.3 Å². The van der Waals surface area contributed by atoms with Crippen LogP contribution in [0, 0.1) is 0 Å². The van der Waals surface area contributed by atoms with Gasteiger partial charge in [-0.15, -0.1) is 11.3 Å².